The summed E-state index contributed by atoms with van der Waals surface area (Å²) in [5.41, 5.74) is 0.633. The topological polar surface area (TPSA) is 49.9 Å². The molecule has 1 heterocycles. The van der Waals surface area contributed by atoms with Gasteiger partial charge in [-0.2, -0.15) is 0 Å². The summed E-state index contributed by atoms with van der Waals surface area (Å²) in [5, 5.41) is 0. The fourth-order valence-electron chi connectivity index (χ4n) is 3.08. The Labute approximate surface area is 141 Å². The molecule has 130 valence electrons. The maximum atomic E-state index is 13.7. The highest BCUT2D eigenvalue weighted by Crippen LogP contribution is 2.31. The number of rotatable bonds is 4. The maximum absolute atomic E-state index is 13.7. The Bertz CT molecular complexity index is 631. The molecule has 0 unspecified atom stereocenters. The fraction of sp³-hybridized carbons (Fsp3) is 0.556. The monoisotopic (exact) mass is 334 g/mol. The van der Waals surface area contributed by atoms with E-state index in [1.165, 1.54) is 19.2 Å². The first-order valence-corrected chi connectivity index (χ1v) is 8.47. The molecule has 2 aliphatic rings. The highest BCUT2D eigenvalue weighted by Gasteiger charge is 2.34. The lowest BCUT2D eigenvalue weighted by atomic mass is 10.1. The van der Waals surface area contributed by atoms with E-state index in [0.717, 1.165) is 25.8 Å². The van der Waals surface area contributed by atoms with Gasteiger partial charge in [-0.1, -0.05) is 6.07 Å². The largest absolute Gasteiger partial charge is 0.494 e. The molecule has 0 bridgehead atoms. The van der Waals surface area contributed by atoms with Crippen LogP contribution in [0.4, 0.5) is 4.39 Å². The first kappa shape index (κ1) is 16.7. The number of halogens is 1. The Kier molecular flexibility index (Phi) is 5.02. The maximum Gasteiger partial charge on any atom is 0.227 e. The summed E-state index contributed by atoms with van der Waals surface area (Å²) in [5.74, 6) is 0.145. The molecular formula is C18H23FN2O3. The summed E-state index contributed by atoms with van der Waals surface area (Å²) in [7, 11) is 1.41. The lowest BCUT2D eigenvalue weighted by Gasteiger charge is -2.22. The van der Waals surface area contributed by atoms with Crippen molar-refractivity contribution < 1.29 is 18.7 Å². The molecular weight excluding hydrogens is 311 g/mol. The van der Waals surface area contributed by atoms with Crippen molar-refractivity contribution in [3.05, 3.63) is 29.6 Å². The molecule has 0 radical (unpaired) electrons. The summed E-state index contributed by atoms with van der Waals surface area (Å²) in [6, 6.07) is 4.59. The minimum absolute atomic E-state index is 0.0275. The van der Waals surface area contributed by atoms with Crippen molar-refractivity contribution in [1.82, 2.24) is 9.80 Å². The Hall–Kier alpha value is -2.11. The molecule has 5 nitrogen and oxygen atoms in total. The molecule has 6 heteroatoms. The van der Waals surface area contributed by atoms with Gasteiger partial charge in [0, 0.05) is 32.1 Å². The van der Waals surface area contributed by atoms with Crippen molar-refractivity contribution >= 4 is 11.8 Å². The summed E-state index contributed by atoms with van der Waals surface area (Å²) in [6.07, 6.45) is 2.96. The van der Waals surface area contributed by atoms with Gasteiger partial charge in [0.2, 0.25) is 11.8 Å². The van der Waals surface area contributed by atoms with Crippen molar-refractivity contribution in [1.29, 1.82) is 0 Å². The van der Waals surface area contributed by atoms with Gasteiger partial charge in [0.15, 0.2) is 11.6 Å². The van der Waals surface area contributed by atoms with Crippen LogP contribution in [0.15, 0.2) is 18.2 Å². The molecule has 1 aliphatic heterocycles. The Morgan fingerprint density at radius 1 is 1.17 bits per heavy atom. The average Bonchev–Trinajstić information content (AvgIpc) is 3.41. The number of hydrogen-bond donors (Lipinski definition) is 0. The molecule has 1 aliphatic carbocycles. The number of benzene rings is 1. The molecule has 0 atom stereocenters. The van der Waals surface area contributed by atoms with Crippen LogP contribution in [-0.4, -0.2) is 54.9 Å². The molecule has 3 rings (SSSR count). The number of carbonyl (C=O) groups excluding carboxylic acids is 2. The SMILES string of the molecule is COc1ccc(CC(=O)N2CCCN(C(=O)C3CC3)CC2)cc1F. The predicted molar refractivity (Wildman–Crippen MR) is 87.2 cm³/mol. The van der Waals surface area contributed by atoms with Crippen LogP contribution >= 0.6 is 0 Å². The Morgan fingerprint density at radius 3 is 2.54 bits per heavy atom. The molecule has 1 saturated heterocycles. The highest BCUT2D eigenvalue weighted by molar-refractivity contribution is 5.81. The standard InChI is InChI=1S/C18H23FN2O3/c1-24-16-6-3-13(11-15(16)19)12-17(22)20-7-2-8-21(10-9-20)18(23)14-4-5-14/h3,6,11,14H,2,4-5,7-10,12H2,1H3. The molecule has 2 fully saturated rings. The molecule has 0 N–H and O–H groups in total. The van der Waals surface area contributed by atoms with Gasteiger partial charge in [0.05, 0.1) is 13.5 Å². The molecule has 0 spiro atoms. The van der Waals surface area contributed by atoms with Crippen molar-refractivity contribution in [3.63, 3.8) is 0 Å². The minimum atomic E-state index is -0.458. The molecule has 1 saturated carbocycles. The van der Waals surface area contributed by atoms with Crippen molar-refractivity contribution in [2.75, 3.05) is 33.3 Å². The third-order valence-electron chi connectivity index (χ3n) is 4.66. The summed E-state index contributed by atoms with van der Waals surface area (Å²) in [4.78, 5) is 28.3. The normalized spacial score (nSPS) is 18.2. The zero-order valence-corrected chi connectivity index (χ0v) is 14.0. The van der Waals surface area contributed by atoms with Crippen LogP contribution in [-0.2, 0) is 16.0 Å². The van der Waals surface area contributed by atoms with Gasteiger partial charge >= 0.3 is 0 Å². The van der Waals surface area contributed by atoms with Crippen LogP contribution in [0.1, 0.15) is 24.8 Å². The van der Waals surface area contributed by atoms with E-state index in [4.69, 9.17) is 4.74 Å². The van der Waals surface area contributed by atoms with E-state index in [1.807, 2.05) is 4.90 Å². The molecule has 2 amide bonds. The average molecular weight is 334 g/mol. The number of methoxy groups -OCH3 is 1. The number of nitrogens with zero attached hydrogens (tertiary/aromatic N) is 2. The third kappa shape index (κ3) is 3.86. The minimum Gasteiger partial charge on any atom is -0.494 e. The van der Waals surface area contributed by atoms with E-state index in [0.29, 0.717) is 25.2 Å². The second kappa shape index (κ2) is 7.20. The van der Waals surface area contributed by atoms with Crippen LogP contribution in [0.3, 0.4) is 0 Å². The zero-order chi connectivity index (χ0) is 17.1. The van der Waals surface area contributed by atoms with Gasteiger partial charge in [-0.3, -0.25) is 9.59 Å². The van der Waals surface area contributed by atoms with Gasteiger partial charge < -0.3 is 14.5 Å². The summed E-state index contributed by atoms with van der Waals surface area (Å²) >= 11 is 0. The van der Waals surface area contributed by atoms with E-state index in [9.17, 15) is 14.0 Å². The number of ether oxygens (including phenoxy) is 1. The van der Waals surface area contributed by atoms with Crippen molar-refractivity contribution in [2.24, 2.45) is 5.92 Å². The van der Waals surface area contributed by atoms with Gasteiger partial charge in [0.1, 0.15) is 0 Å². The third-order valence-corrected chi connectivity index (χ3v) is 4.66. The fourth-order valence-corrected chi connectivity index (χ4v) is 3.08. The Balaban J connectivity index is 1.56. The van der Waals surface area contributed by atoms with Crippen LogP contribution in [0.25, 0.3) is 0 Å². The lowest BCUT2D eigenvalue weighted by Crippen LogP contribution is -2.38. The first-order chi connectivity index (χ1) is 11.6. The predicted octanol–water partition coefficient (Wildman–Crippen LogP) is 1.85. The molecule has 24 heavy (non-hydrogen) atoms. The Morgan fingerprint density at radius 2 is 1.88 bits per heavy atom. The van der Waals surface area contributed by atoms with Crippen LogP contribution in [0.2, 0.25) is 0 Å². The van der Waals surface area contributed by atoms with Gasteiger partial charge in [0.25, 0.3) is 0 Å². The lowest BCUT2D eigenvalue weighted by molar-refractivity contribution is -0.134. The quantitative estimate of drug-likeness (QED) is 0.844. The molecule has 1 aromatic rings. The van der Waals surface area contributed by atoms with Crippen LogP contribution in [0, 0.1) is 11.7 Å². The van der Waals surface area contributed by atoms with Gasteiger partial charge in [-0.15, -0.1) is 0 Å². The van der Waals surface area contributed by atoms with E-state index >= 15 is 0 Å². The second-order valence-corrected chi connectivity index (χ2v) is 6.48. The van der Waals surface area contributed by atoms with Gasteiger partial charge in [-0.25, -0.2) is 4.39 Å². The smallest absolute Gasteiger partial charge is 0.227 e. The summed E-state index contributed by atoms with van der Waals surface area (Å²) in [6.45, 7) is 2.51. The molecule has 1 aromatic carbocycles. The van der Waals surface area contributed by atoms with Gasteiger partial charge in [-0.05, 0) is 37.0 Å². The van der Waals surface area contributed by atoms with Crippen molar-refractivity contribution in [3.8, 4) is 5.75 Å². The zero-order valence-electron chi connectivity index (χ0n) is 14.0. The van der Waals surface area contributed by atoms with Crippen LogP contribution < -0.4 is 4.74 Å². The summed E-state index contributed by atoms with van der Waals surface area (Å²) < 4.78 is 18.6. The number of carbonyl (C=O) groups is 2. The van der Waals surface area contributed by atoms with E-state index in [2.05, 4.69) is 0 Å². The number of amides is 2. The highest BCUT2D eigenvalue weighted by atomic mass is 19.1. The van der Waals surface area contributed by atoms with Crippen LogP contribution in [0.5, 0.6) is 5.75 Å². The van der Waals surface area contributed by atoms with E-state index < -0.39 is 5.82 Å². The van der Waals surface area contributed by atoms with Crippen molar-refractivity contribution in [2.45, 2.75) is 25.7 Å². The number of hydrogen-bond acceptors (Lipinski definition) is 3. The van der Waals surface area contributed by atoms with E-state index in [1.54, 1.807) is 11.0 Å². The molecule has 0 aromatic heterocycles. The second-order valence-electron chi connectivity index (χ2n) is 6.48. The van der Waals surface area contributed by atoms with E-state index in [-0.39, 0.29) is 29.9 Å². The first-order valence-electron chi connectivity index (χ1n) is 8.47.